The van der Waals surface area contributed by atoms with Gasteiger partial charge in [0.1, 0.15) is 0 Å². The Kier molecular flexibility index (Phi) is 6.75. The lowest BCUT2D eigenvalue weighted by Gasteiger charge is -2.29. The van der Waals surface area contributed by atoms with E-state index in [1.54, 1.807) is 0 Å². The molecule has 1 amide bonds. The van der Waals surface area contributed by atoms with E-state index in [0.29, 0.717) is 11.4 Å². The Morgan fingerprint density at radius 3 is 2.58 bits per heavy atom. The number of carbonyl (C=O) groups excluding carboxylic acids is 1. The first-order valence-corrected chi connectivity index (χ1v) is 10.9. The van der Waals surface area contributed by atoms with Crippen LogP contribution in [0.15, 0.2) is 66.7 Å². The number of morpholine rings is 1. The smallest absolute Gasteiger partial charge is 0.255 e. The van der Waals surface area contributed by atoms with E-state index in [-0.39, 0.29) is 5.91 Å². The molecule has 4 rings (SSSR count). The molecule has 0 aromatic heterocycles. The summed E-state index contributed by atoms with van der Waals surface area (Å²) in [6.07, 6.45) is 0. The summed E-state index contributed by atoms with van der Waals surface area (Å²) in [5, 5.41) is 6.43. The number of halogens is 1. The SMILES string of the molecule is Cc1ccc(C(=O)Nc2cccc(N3CCOCC3)c2)cc1Nc1cccc(CCl)c1. The zero-order valence-electron chi connectivity index (χ0n) is 17.5. The predicted octanol–water partition coefficient (Wildman–Crippen LogP) is 5.57. The van der Waals surface area contributed by atoms with E-state index in [2.05, 4.69) is 21.6 Å². The Balaban J connectivity index is 1.49. The van der Waals surface area contributed by atoms with Crippen LogP contribution in [0.1, 0.15) is 21.5 Å². The van der Waals surface area contributed by atoms with Gasteiger partial charge in [-0.1, -0.05) is 24.3 Å². The van der Waals surface area contributed by atoms with Crippen molar-refractivity contribution in [3.05, 3.63) is 83.4 Å². The summed E-state index contributed by atoms with van der Waals surface area (Å²) in [4.78, 5) is 15.2. The number of ether oxygens (including phenoxy) is 1. The number of nitrogens with one attached hydrogen (secondary N) is 2. The Hall–Kier alpha value is -3.02. The number of nitrogens with zero attached hydrogens (tertiary/aromatic N) is 1. The van der Waals surface area contributed by atoms with Crippen molar-refractivity contribution < 1.29 is 9.53 Å². The van der Waals surface area contributed by atoms with Crippen molar-refractivity contribution >= 4 is 40.3 Å². The number of anilines is 4. The molecule has 160 valence electrons. The highest BCUT2D eigenvalue weighted by Crippen LogP contribution is 2.25. The number of hydrogen-bond acceptors (Lipinski definition) is 4. The third-order valence-electron chi connectivity index (χ3n) is 5.34. The van der Waals surface area contributed by atoms with Crippen molar-refractivity contribution in [1.82, 2.24) is 0 Å². The number of benzene rings is 3. The standard InChI is InChI=1S/C25H26ClN3O2/c1-18-8-9-20(15-24(18)27-21-5-2-4-19(14-21)17-26)25(30)28-22-6-3-7-23(16-22)29-10-12-31-13-11-29/h2-9,14-16,27H,10-13,17H2,1H3,(H,28,30). The minimum Gasteiger partial charge on any atom is -0.378 e. The highest BCUT2D eigenvalue weighted by molar-refractivity contribution is 6.17. The summed E-state index contributed by atoms with van der Waals surface area (Å²) < 4.78 is 5.43. The molecule has 0 atom stereocenters. The van der Waals surface area contributed by atoms with E-state index >= 15 is 0 Å². The number of carbonyl (C=O) groups is 1. The molecule has 1 heterocycles. The van der Waals surface area contributed by atoms with Crippen molar-refractivity contribution in [1.29, 1.82) is 0 Å². The minimum absolute atomic E-state index is 0.142. The van der Waals surface area contributed by atoms with Gasteiger partial charge in [0.2, 0.25) is 0 Å². The van der Waals surface area contributed by atoms with Gasteiger partial charge in [0.25, 0.3) is 5.91 Å². The van der Waals surface area contributed by atoms with Crippen molar-refractivity contribution in [2.75, 3.05) is 41.8 Å². The first-order valence-electron chi connectivity index (χ1n) is 10.4. The molecule has 0 bridgehead atoms. The topological polar surface area (TPSA) is 53.6 Å². The molecule has 3 aromatic carbocycles. The molecular weight excluding hydrogens is 410 g/mol. The maximum Gasteiger partial charge on any atom is 0.255 e. The van der Waals surface area contributed by atoms with E-state index in [0.717, 1.165) is 60.2 Å². The fourth-order valence-electron chi connectivity index (χ4n) is 3.59. The summed E-state index contributed by atoms with van der Waals surface area (Å²) in [6, 6.07) is 21.6. The maximum absolute atomic E-state index is 12.9. The molecule has 6 heteroatoms. The fraction of sp³-hybridized carbons (Fsp3) is 0.240. The largest absolute Gasteiger partial charge is 0.378 e. The van der Waals surface area contributed by atoms with Crippen LogP contribution in [0.4, 0.5) is 22.7 Å². The summed E-state index contributed by atoms with van der Waals surface area (Å²) in [5.41, 5.74) is 6.39. The molecule has 1 saturated heterocycles. The van der Waals surface area contributed by atoms with Gasteiger partial charge in [0.05, 0.1) is 13.2 Å². The van der Waals surface area contributed by atoms with Gasteiger partial charge in [0.15, 0.2) is 0 Å². The van der Waals surface area contributed by atoms with Crippen LogP contribution in [0.5, 0.6) is 0 Å². The van der Waals surface area contributed by atoms with E-state index in [1.807, 2.05) is 67.6 Å². The second-order valence-electron chi connectivity index (χ2n) is 7.59. The maximum atomic E-state index is 12.9. The van der Waals surface area contributed by atoms with Crippen LogP contribution in [0.25, 0.3) is 0 Å². The molecule has 0 aliphatic carbocycles. The van der Waals surface area contributed by atoms with Gasteiger partial charge in [-0.25, -0.2) is 0 Å². The first-order chi connectivity index (χ1) is 15.1. The molecule has 1 aliphatic rings. The van der Waals surface area contributed by atoms with E-state index in [4.69, 9.17) is 16.3 Å². The van der Waals surface area contributed by atoms with Crippen LogP contribution < -0.4 is 15.5 Å². The van der Waals surface area contributed by atoms with Gasteiger partial charge < -0.3 is 20.3 Å². The van der Waals surface area contributed by atoms with Crippen LogP contribution in [-0.4, -0.2) is 32.2 Å². The van der Waals surface area contributed by atoms with Crippen LogP contribution >= 0.6 is 11.6 Å². The number of alkyl halides is 1. The van der Waals surface area contributed by atoms with Crippen molar-refractivity contribution in [2.45, 2.75) is 12.8 Å². The highest BCUT2D eigenvalue weighted by atomic mass is 35.5. The number of aryl methyl sites for hydroxylation is 1. The van der Waals surface area contributed by atoms with Gasteiger partial charge in [0, 0.05) is 47.3 Å². The summed E-state index contributed by atoms with van der Waals surface area (Å²) >= 11 is 5.95. The molecular formula is C25H26ClN3O2. The third kappa shape index (κ3) is 5.37. The molecule has 1 fully saturated rings. The van der Waals surface area contributed by atoms with Crippen LogP contribution in [-0.2, 0) is 10.6 Å². The molecule has 0 saturated carbocycles. The second kappa shape index (κ2) is 9.86. The molecule has 0 radical (unpaired) electrons. The van der Waals surface area contributed by atoms with E-state index in [9.17, 15) is 4.79 Å². The predicted molar refractivity (Wildman–Crippen MR) is 128 cm³/mol. The van der Waals surface area contributed by atoms with E-state index in [1.165, 1.54) is 0 Å². The Morgan fingerprint density at radius 1 is 1.00 bits per heavy atom. The summed E-state index contributed by atoms with van der Waals surface area (Å²) in [5.74, 6) is 0.317. The van der Waals surface area contributed by atoms with Gasteiger partial charge in [-0.3, -0.25) is 4.79 Å². The zero-order chi connectivity index (χ0) is 21.6. The monoisotopic (exact) mass is 435 g/mol. The molecule has 1 aliphatic heterocycles. The van der Waals surface area contributed by atoms with Crippen LogP contribution in [0, 0.1) is 6.92 Å². The lowest BCUT2D eigenvalue weighted by Crippen LogP contribution is -2.36. The quantitative estimate of drug-likeness (QED) is 0.497. The third-order valence-corrected chi connectivity index (χ3v) is 5.65. The van der Waals surface area contributed by atoms with Crippen molar-refractivity contribution in [3.8, 4) is 0 Å². The number of hydrogen-bond donors (Lipinski definition) is 2. The Morgan fingerprint density at radius 2 is 1.77 bits per heavy atom. The zero-order valence-corrected chi connectivity index (χ0v) is 18.3. The van der Waals surface area contributed by atoms with Gasteiger partial charge in [-0.15, -0.1) is 11.6 Å². The fourth-order valence-corrected chi connectivity index (χ4v) is 3.76. The van der Waals surface area contributed by atoms with Gasteiger partial charge in [-0.2, -0.15) is 0 Å². The molecule has 31 heavy (non-hydrogen) atoms. The molecule has 3 aromatic rings. The molecule has 2 N–H and O–H groups in total. The second-order valence-corrected chi connectivity index (χ2v) is 7.86. The molecule has 0 unspecified atom stereocenters. The summed E-state index contributed by atoms with van der Waals surface area (Å²) in [6.45, 7) is 5.18. The molecule has 5 nitrogen and oxygen atoms in total. The Bertz CT molecular complexity index is 1060. The number of amides is 1. The van der Waals surface area contributed by atoms with Gasteiger partial charge >= 0.3 is 0 Å². The average Bonchev–Trinajstić information content (AvgIpc) is 2.81. The lowest BCUT2D eigenvalue weighted by atomic mass is 10.1. The Labute approximate surface area is 188 Å². The lowest BCUT2D eigenvalue weighted by molar-refractivity contribution is 0.102. The van der Waals surface area contributed by atoms with E-state index < -0.39 is 0 Å². The normalized spacial score (nSPS) is 13.7. The first kappa shape index (κ1) is 21.2. The van der Waals surface area contributed by atoms with Crippen LogP contribution in [0.3, 0.4) is 0 Å². The highest BCUT2D eigenvalue weighted by Gasteiger charge is 2.13. The van der Waals surface area contributed by atoms with Gasteiger partial charge in [-0.05, 0) is 60.5 Å². The summed E-state index contributed by atoms with van der Waals surface area (Å²) in [7, 11) is 0. The molecule has 0 spiro atoms. The van der Waals surface area contributed by atoms with Crippen molar-refractivity contribution in [2.24, 2.45) is 0 Å². The van der Waals surface area contributed by atoms with Crippen LogP contribution in [0.2, 0.25) is 0 Å². The average molecular weight is 436 g/mol. The number of rotatable bonds is 6. The van der Waals surface area contributed by atoms with Crippen molar-refractivity contribution in [3.63, 3.8) is 0 Å². The minimum atomic E-state index is -0.142.